The molecule has 2 aromatic rings. The Kier molecular flexibility index (Phi) is 2.82. The standard InChI is InChI=1S/C10H13N5O/c1-6(4-16)2-3-7-8-9(13-5-12-7)15-10(11)14-8/h2,5,16H,3-4H2,1H3,(H3,11,12,13,14,15)/b6-2+. The average Bonchev–Trinajstić information content (AvgIpc) is 2.66. The van der Waals surface area contributed by atoms with Gasteiger partial charge in [-0.3, -0.25) is 0 Å². The summed E-state index contributed by atoms with van der Waals surface area (Å²) in [6.45, 7) is 1.92. The maximum absolute atomic E-state index is 8.89. The molecule has 0 radical (unpaired) electrons. The van der Waals surface area contributed by atoms with Gasteiger partial charge in [-0.15, -0.1) is 0 Å². The van der Waals surface area contributed by atoms with E-state index in [2.05, 4.69) is 19.9 Å². The SMILES string of the molecule is C/C(=C\Cc1ncnc2nc(N)[nH]c12)CO. The molecule has 0 spiro atoms. The predicted octanol–water partition coefficient (Wildman–Crippen LogP) is 0.416. The van der Waals surface area contributed by atoms with Crippen LogP contribution in [0.15, 0.2) is 18.0 Å². The minimum absolute atomic E-state index is 0.0549. The van der Waals surface area contributed by atoms with Crippen molar-refractivity contribution in [3.05, 3.63) is 23.7 Å². The fourth-order valence-electron chi connectivity index (χ4n) is 1.38. The van der Waals surface area contributed by atoms with Crippen molar-refractivity contribution >= 4 is 17.1 Å². The predicted molar refractivity (Wildman–Crippen MR) is 60.6 cm³/mol. The fraction of sp³-hybridized carbons (Fsp3) is 0.300. The van der Waals surface area contributed by atoms with Crippen LogP contribution in [0.1, 0.15) is 12.6 Å². The number of aromatic amines is 1. The van der Waals surface area contributed by atoms with Crippen molar-refractivity contribution in [2.24, 2.45) is 0 Å². The number of nitrogens with zero attached hydrogens (tertiary/aromatic N) is 3. The third kappa shape index (κ3) is 2.01. The van der Waals surface area contributed by atoms with E-state index >= 15 is 0 Å². The molecule has 0 atom stereocenters. The average molecular weight is 219 g/mol. The Bertz CT molecular complexity index is 531. The fourth-order valence-corrected chi connectivity index (χ4v) is 1.38. The molecule has 6 heteroatoms. The number of fused-ring (bicyclic) bond motifs is 1. The quantitative estimate of drug-likeness (QED) is 0.649. The number of allylic oxidation sites excluding steroid dienone is 1. The van der Waals surface area contributed by atoms with Gasteiger partial charge in [-0.05, 0) is 6.92 Å². The van der Waals surface area contributed by atoms with Crippen molar-refractivity contribution in [3.63, 3.8) is 0 Å². The molecule has 0 aromatic carbocycles. The second-order valence-corrected chi connectivity index (χ2v) is 3.55. The van der Waals surface area contributed by atoms with E-state index in [1.54, 1.807) is 0 Å². The largest absolute Gasteiger partial charge is 0.392 e. The van der Waals surface area contributed by atoms with Crippen LogP contribution in [0.25, 0.3) is 11.2 Å². The van der Waals surface area contributed by atoms with Crippen LogP contribution in [0.5, 0.6) is 0 Å². The van der Waals surface area contributed by atoms with E-state index in [4.69, 9.17) is 10.8 Å². The molecule has 0 aliphatic carbocycles. The number of hydrogen-bond donors (Lipinski definition) is 3. The van der Waals surface area contributed by atoms with Gasteiger partial charge < -0.3 is 15.8 Å². The number of hydrogen-bond acceptors (Lipinski definition) is 5. The van der Waals surface area contributed by atoms with Crippen molar-refractivity contribution in [3.8, 4) is 0 Å². The number of anilines is 1. The summed E-state index contributed by atoms with van der Waals surface area (Å²) in [5, 5.41) is 8.89. The molecule has 0 amide bonds. The van der Waals surface area contributed by atoms with Crippen LogP contribution in [0.4, 0.5) is 5.95 Å². The van der Waals surface area contributed by atoms with Crippen LogP contribution < -0.4 is 5.73 Å². The number of nitrogens with one attached hydrogen (secondary N) is 1. The monoisotopic (exact) mass is 219 g/mol. The Morgan fingerprint density at radius 2 is 2.38 bits per heavy atom. The maximum Gasteiger partial charge on any atom is 0.200 e. The van der Waals surface area contributed by atoms with E-state index in [1.807, 2.05) is 13.0 Å². The van der Waals surface area contributed by atoms with E-state index in [0.717, 1.165) is 16.8 Å². The molecule has 2 rings (SSSR count). The lowest BCUT2D eigenvalue weighted by Crippen LogP contribution is -1.93. The molecule has 2 heterocycles. The van der Waals surface area contributed by atoms with E-state index in [9.17, 15) is 0 Å². The minimum Gasteiger partial charge on any atom is -0.392 e. The molecule has 0 unspecified atom stereocenters. The molecule has 2 aromatic heterocycles. The van der Waals surface area contributed by atoms with Crippen molar-refractivity contribution < 1.29 is 5.11 Å². The van der Waals surface area contributed by atoms with Crippen molar-refractivity contribution in [1.29, 1.82) is 0 Å². The normalized spacial score (nSPS) is 12.2. The number of rotatable bonds is 3. The summed E-state index contributed by atoms with van der Waals surface area (Å²) in [6, 6.07) is 0. The minimum atomic E-state index is 0.0549. The molecule has 0 saturated carbocycles. The smallest absolute Gasteiger partial charge is 0.200 e. The van der Waals surface area contributed by atoms with Gasteiger partial charge in [0, 0.05) is 6.42 Å². The van der Waals surface area contributed by atoms with Crippen molar-refractivity contribution in [1.82, 2.24) is 19.9 Å². The molecule has 0 aliphatic rings. The van der Waals surface area contributed by atoms with Gasteiger partial charge in [-0.25, -0.2) is 9.97 Å². The van der Waals surface area contributed by atoms with Crippen LogP contribution in [-0.2, 0) is 6.42 Å². The maximum atomic E-state index is 8.89. The highest BCUT2D eigenvalue weighted by molar-refractivity contribution is 5.75. The molecular weight excluding hydrogens is 206 g/mol. The third-order valence-electron chi connectivity index (χ3n) is 2.28. The lowest BCUT2D eigenvalue weighted by Gasteiger charge is -1.98. The number of nitrogens with two attached hydrogens (primary N) is 1. The Balaban J connectivity index is 2.37. The van der Waals surface area contributed by atoms with Gasteiger partial charge in [0.05, 0.1) is 12.3 Å². The number of imidazole rings is 1. The highest BCUT2D eigenvalue weighted by Gasteiger charge is 2.06. The number of nitrogen functional groups attached to an aromatic ring is 1. The molecule has 0 fully saturated rings. The molecule has 6 nitrogen and oxygen atoms in total. The summed E-state index contributed by atoms with van der Waals surface area (Å²) >= 11 is 0. The van der Waals surface area contributed by atoms with Gasteiger partial charge in [0.1, 0.15) is 11.8 Å². The summed E-state index contributed by atoms with van der Waals surface area (Å²) in [7, 11) is 0. The second-order valence-electron chi connectivity index (χ2n) is 3.55. The number of aliphatic hydroxyl groups is 1. The van der Waals surface area contributed by atoms with Crippen LogP contribution in [0.2, 0.25) is 0 Å². The van der Waals surface area contributed by atoms with Gasteiger partial charge in [0.25, 0.3) is 0 Å². The van der Waals surface area contributed by atoms with Gasteiger partial charge in [-0.2, -0.15) is 4.98 Å². The van der Waals surface area contributed by atoms with E-state index in [-0.39, 0.29) is 6.61 Å². The van der Waals surface area contributed by atoms with E-state index in [1.165, 1.54) is 6.33 Å². The third-order valence-corrected chi connectivity index (χ3v) is 2.28. The zero-order valence-electron chi connectivity index (χ0n) is 8.94. The summed E-state index contributed by atoms with van der Waals surface area (Å²) in [4.78, 5) is 15.1. The summed E-state index contributed by atoms with van der Waals surface area (Å²) < 4.78 is 0. The highest BCUT2D eigenvalue weighted by atomic mass is 16.3. The first-order valence-electron chi connectivity index (χ1n) is 4.92. The highest BCUT2D eigenvalue weighted by Crippen LogP contribution is 2.13. The lowest BCUT2D eigenvalue weighted by atomic mass is 10.2. The zero-order chi connectivity index (χ0) is 11.5. The zero-order valence-corrected chi connectivity index (χ0v) is 8.94. The first-order valence-corrected chi connectivity index (χ1v) is 4.92. The second kappa shape index (κ2) is 4.28. The van der Waals surface area contributed by atoms with Gasteiger partial charge in [-0.1, -0.05) is 11.6 Å². The Hall–Kier alpha value is -1.95. The molecular formula is C10H13N5O. The first-order chi connectivity index (χ1) is 7.70. The van der Waals surface area contributed by atoms with E-state index in [0.29, 0.717) is 18.0 Å². The van der Waals surface area contributed by atoms with Crippen LogP contribution in [0.3, 0.4) is 0 Å². The Morgan fingerprint density at radius 3 is 3.12 bits per heavy atom. The number of H-pyrrole nitrogens is 1. The van der Waals surface area contributed by atoms with Crippen LogP contribution in [0, 0.1) is 0 Å². The number of aromatic nitrogens is 4. The Morgan fingerprint density at radius 1 is 1.56 bits per heavy atom. The molecule has 84 valence electrons. The first kappa shape index (κ1) is 10.6. The summed E-state index contributed by atoms with van der Waals surface area (Å²) in [5.74, 6) is 0.333. The van der Waals surface area contributed by atoms with Gasteiger partial charge >= 0.3 is 0 Å². The number of aliphatic hydroxyl groups excluding tert-OH is 1. The van der Waals surface area contributed by atoms with E-state index < -0.39 is 0 Å². The Labute approximate surface area is 92.3 Å². The molecule has 4 N–H and O–H groups in total. The summed E-state index contributed by atoms with van der Waals surface area (Å²) in [6.07, 6.45) is 3.99. The molecule has 0 bridgehead atoms. The van der Waals surface area contributed by atoms with Crippen LogP contribution >= 0.6 is 0 Å². The lowest BCUT2D eigenvalue weighted by molar-refractivity contribution is 0.331. The van der Waals surface area contributed by atoms with Gasteiger partial charge in [0.2, 0.25) is 0 Å². The van der Waals surface area contributed by atoms with Gasteiger partial charge in [0.15, 0.2) is 11.6 Å². The summed E-state index contributed by atoms with van der Waals surface area (Å²) in [5.41, 5.74) is 8.59. The van der Waals surface area contributed by atoms with Crippen molar-refractivity contribution in [2.45, 2.75) is 13.3 Å². The molecule has 16 heavy (non-hydrogen) atoms. The molecule has 0 saturated heterocycles. The van der Waals surface area contributed by atoms with Crippen LogP contribution in [-0.4, -0.2) is 31.6 Å². The van der Waals surface area contributed by atoms with Crippen molar-refractivity contribution in [2.75, 3.05) is 12.3 Å². The molecule has 0 aliphatic heterocycles. The topological polar surface area (TPSA) is 101 Å².